The molecule has 0 spiro atoms. The minimum absolute atomic E-state index is 0.0437. The molecule has 0 aliphatic carbocycles. The van der Waals surface area contributed by atoms with Crippen LogP contribution in [0.15, 0.2) is 29.2 Å². The lowest BCUT2D eigenvalue weighted by Crippen LogP contribution is -2.49. The van der Waals surface area contributed by atoms with Gasteiger partial charge in [-0.15, -0.1) is 0 Å². The molecule has 2 unspecified atom stereocenters. The largest absolute Gasteiger partial charge is 0.334 e. The van der Waals surface area contributed by atoms with Gasteiger partial charge >= 0.3 is 0 Å². The van der Waals surface area contributed by atoms with Gasteiger partial charge in [-0.05, 0) is 63.8 Å². The average Bonchev–Trinajstić information content (AvgIpc) is 2.52. The zero-order valence-corrected chi connectivity index (χ0v) is 16.3. The van der Waals surface area contributed by atoms with Crippen molar-refractivity contribution in [1.29, 1.82) is 0 Å². The van der Waals surface area contributed by atoms with Crippen molar-refractivity contribution in [2.24, 2.45) is 11.7 Å². The van der Waals surface area contributed by atoms with Crippen LogP contribution in [0, 0.1) is 5.92 Å². The topological polar surface area (TPSA) is 92.5 Å². The van der Waals surface area contributed by atoms with Crippen molar-refractivity contribution in [2.45, 2.75) is 57.0 Å². The fourth-order valence-corrected chi connectivity index (χ4v) is 4.57. The first-order chi connectivity index (χ1) is 11.5. The number of hydrogen-bond donors (Lipinski definition) is 2. The molecule has 3 N–H and O–H groups in total. The first-order valence-electron chi connectivity index (χ1n) is 8.68. The standard InChI is InChI=1S/C18H29N3O3S/c1-13-9-10-21(15(11-13)12-19)17(22)14-5-7-16(8-6-14)25(23,24)20-18(2,3)4/h5-8,13,15,20H,9-12,19H2,1-4H3. The number of amides is 1. The molecule has 1 aromatic rings. The first kappa shape index (κ1) is 19.9. The van der Waals surface area contributed by atoms with Gasteiger partial charge in [0.25, 0.3) is 5.91 Å². The number of hydrogen-bond acceptors (Lipinski definition) is 4. The average molecular weight is 368 g/mol. The fraction of sp³-hybridized carbons (Fsp3) is 0.611. The highest BCUT2D eigenvalue weighted by atomic mass is 32.2. The van der Waals surface area contributed by atoms with Crippen molar-refractivity contribution in [3.8, 4) is 0 Å². The predicted molar refractivity (Wildman–Crippen MR) is 98.8 cm³/mol. The smallest absolute Gasteiger partial charge is 0.254 e. The molecular weight excluding hydrogens is 338 g/mol. The Morgan fingerprint density at radius 2 is 1.88 bits per heavy atom. The summed E-state index contributed by atoms with van der Waals surface area (Å²) in [5.74, 6) is 0.476. The van der Waals surface area contributed by atoms with E-state index in [9.17, 15) is 13.2 Å². The van der Waals surface area contributed by atoms with E-state index in [4.69, 9.17) is 5.73 Å². The Bertz CT molecular complexity index is 708. The van der Waals surface area contributed by atoms with Gasteiger partial charge in [-0.3, -0.25) is 4.79 Å². The second kappa shape index (κ2) is 7.43. The highest BCUT2D eigenvalue weighted by Crippen LogP contribution is 2.24. The SMILES string of the molecule is CC1CCN(C(=O)c2ccc(S(=O)(=O)NC(C)(C)C)cc2)C(CN)C1. The van der Waals surface area contributed by atoms with Crippen LogP contribution in [-0.4, -0.2) is 43.9 Å². The van der Waals surface area contributed by atoms with Crippen LogP contribution in [0.3, 0.4) is 0 Å². The Labute approximate surface area is 150 Å². The van der Waals surface area contributed by atoms with Crippen LogP contribution in [0.5, 0.6) is 0 Å². The molecule has 6 nitrogen and oxygen atoms in total. The van der Waals surface area contributed by atoms with E-state index in [-0.39, 0.29) is 16.8 Å². The molecular formula is C18H29N3O3S. The number of piperidine rings is 1. The lowest BCUT2D eigenvalue weighted by Gasteiger charge is -2.38. The fourth-order valence-electron chi connectivity index (χ4n) is 3.15. The number of nitrogens with zero attached hydrogens (tertiary/aromatic N) is 1. The molecule has 1 aliphatic rings. The van der Waals surface area contributed by atoms with E-state index in [1.54, 1.807) is 32.9 Å². The molecule has 0 aromatic heterocycles. The molecule has 0 radical (unpaired) electrons. The molecule has 1 fully saturated rings. The summed E-state index contributed by atoms with van der Waals surface area (Å²) < 4.78 is 27.3. The van der Waals surface area contributed by atoms with Gasteiger partial charge < -0.3 is 10.6 Å². The van der Waals surface area contributed by atoms with E-state index in [2.05, 4.69) is 11.6 Å². The van der Waals surface area contributed by atoms with Gasteiger partial charge in [0.1, 0.15) is 0 Å². The summed E-state index contributed by atoms with van der Waals surface area (Å²) in [5.41, 5.74) is 5.76. The number of likely N-dealkylation sites (tertiary alicyclic amines) is 1. The van der Waals surface area contributed by atoms with Crippen LogP contribution in [0.2, 0.25) is 0 Å². The van der Waals surface area contributed by atoms with Gasteiger partial charge in [0.2, 0.25) is 10.0 Å². The molecule has 7 heteroatoms. The van der Waals surface area contributed by atoms with Crippen molar-refractivity contribution in [3.05, 3.63) is 29.8 Å². The van der Waals surface area contributed by atoms with Gasteiger partial charge in [-0.25, -0.2) is 13.1 Å². The minimum atomic E-state index is -3.60. The van der Waals surface area contributed by atoms with E-state index >= 15 is 0 Å². The summed E-state index contributed by atoms with van der Waals surface area (Å²) >= 11 is 0. The summed E-state index contributed by atoms with van der Waals surface area (Å²) in [4.78, 5) is 14.7. The maximum Gasteiger partial charge on any atom is 0.254 e. The monoisotopic (exact) mass is 367 g/mol. The van der Waals surface area contributed by atoms with Crippen molar-refractivity contribution in [1.82, 2.24) is 9.62 Å². The number of carbonyl (C=O) groups is 1. The maximum absolute atomic E-state index is 12.8. The van der Waals surface area contributed by atoms with E-state index < -0.39 is 15.6 Å². The first-order valence-corrected chi connectivity index (χ1v) is 10.2. The third-order valence-corrected chi connectivity index (χ3v) is 6.14. The van der Waals surface area contributed by atoms with Crippen LogP contribution in [0.4, 0.5) is 0 Å². The number of nitrogens with one attached hydrogen (secondary N) is 1. The molecule has 0 saturated carbocycles. The van der Waals surface area contributed by atoms with E-state index in [0.29, 0.717) is 24.6 Å². The van der Waals surface area contributed by atoms with Gasteiger partial charge in [0.15, 0.2) is 0 Å². The number of carbonyl (C=O) groups excluding carboxylic acids is 1. The summed E-state index contributed by atoms with van der Waals surface area (Å²) in [6.45, 7) is 8.66. The van der Waals surface area contributed by atoms with Crippen LogP contribution in [0.1, 0.15) is 50.9 Å². The molecule has 1 aromatic carbocycles. The number of nitrogens with two attached hydrogens (primary N) is 1. The Kier molecular flexibility index (Phi) is 5.91. The van der Waals surface area contributed by atoms with Crippen molar-refractivity contribution >= 4 is 15.9 Å². The van der Waals surface area contributed by atoms with Crippen LogP contribution < -0.4 is 10.5 Å². The number of rotatable bonds is 4. The Balaban J connectivity index is 2.18. The molecule has 2 atom stereocenters. The third-order valence-electron chi connectivity index (χ3n) is 4.36. The zero-order chi connectivity index (χ0) is 18.8. The highest BCUT2D eigenvalue weighted by Gasteiger charge is 2.30. The summed E-state index contributed by atoms with van der Waals surface area (Å²) in [7, 11) is -3.60. The minimum Gasteiger partial charge on any atom is -0.334 e. The normalized spacial score (nSPS) is 22.0. The molecule has 1 aliphatic heterocycles. The lowest BCUT2D eigenvalue weighted by molar-refractivity contribution is 0.0573. The third kappa shape index (κ3) is 5.03. The van der Waals surface area contributed by atoms with E-state index in [1.165, 1.54) is 12.1 Å². The Hall–Kier alpha value is -1.44. The zero-order valence-electron chi connectivity index (χ0n) is 15.5. The van der Waals surface area contributed by atoms with Gasteiger partial charge in [0, 0.05) is 30.2 Å². The second-order valence-electron chi connectivity index (χ2n) is 7.90. The highest BCUT2D eigenvalue weighted by molar-refractivity contribution is 7.89. The molecule has 2 rings (SSSR count). The van der Waals surface area contributed by atoms with E-state index in [1.807, 2.05) is 4.90 Å². The molecule has 140 valence electrons. The number of sulfonamides is 1. The molecule has 25 heavy (non-hydrogen) atoms. The van der Waals surface area contributed by atoms with Crippen molar-refractivity contribution < 1.29 is 13.2 Å². The van der Waals surface area contributed by atoms with Crippen LogP contribution in [-0.2, 0) is 10.0 Å². The molecule has 0 bridgehead atoms. The maximum atomic E-state index is 12.8. The van der Waals surface area contributed by atoms with Crippen LogP contribution in [0.25, 0.3) is 0 Å². The van der Waals surface area contributed by atoms with Gasteiger partial charge in [0.05, 0.1) is 4.90 Å². The van der Waals surface area contributed by atoms with E-state index in [0.717, 1.165) is 12.8 Å². The van der Waals surface area contributed by atoms with Crippen molar-refractivity contribution in [3.63, 3.8) is 0 Å². The molecule has 1 heterocycles. The Morgan fingerprint density at radius 3 is 2.40 bits per heavy atom. The summed E-state index contributed by atoms with van der Waals surface area (Å²) in [6, 6.07) is 6.15. The molecule has 1 amide bonds. The summed E-state index contributed by atoms with van der Waals surface area (Å²) in [5, 5.41) is 0. The predicted octanol–water partition coefficient (Wildman–Crippen LogP) is 1.96. The van der Waals surface area contributed by atoms with Gasteiger partial charge in [-0.1, -0.05) is 6.92 Å². The Morgan fingerprint density at radius 1 is 1.28 bits per heavy atom. The summed E-state index contributed by atoms with van der Waals surface area (Å²) in [6.07, 6.45) is 1.87. The van der Waals surface area contributed by atoms with Gasteiger partial charge in [-0.2, -0.15) is 0 Å². The quantitative estimate of drug-likeness (QED) is 0.851. The lowest BCUT2D eigenvalue weighted by atomic mass is 9.92. The van der Waals surface area contributed by atoms with Crippen molar-refractivity contribution in [2.75, 3.05) is 13.1 Å². The number of benzene rings is 1. The molecule has 1 saturated heterocycles. The van der Waals surface area contributed by atoms with Crippen LogP contribution >= 0.6 is 0 Å². The second-order valence-corrected chi connectivity index (χ2v) is 9.58.